The van der Waals surface area contributed by atoms with Crippen molar-refractivity contribution in [3.63, 3.8) is 0 Å². The van der Waals surface area contributed by atoms with Crippen molar-refractivity contribution in [2.45, 2.75) is 151 Å². The Bertz CT molecular complexity index is 452. The highest BCUT2D eigenvalue weighted by molar-refractivity contribution is 5.69. The number of rotatable bonds is 22. The van der Waals surface area contributed by atoms with E-state index in [4.69, 9.17) is 4.74 Å². The summed E-state index contributed by atoms with van der Waals surface area (Å²) in [6, 6.07) is 0. The van der Waals surface area contributed by atoms with Crippen molar-refractivity contribution in [1.29, 1.82) is 0 Å². The van der Waals surface area contributed by atoms with Gasteiger partial charge in [-0.3, -0.25) is 4.79 Å². The van der Waals surface area contributed by atoms with Crippen molar-refractivity contribution in [3.05, 3.63) is 11.6 Å². The highest BCUT2D eigenvalue weighted by atomic mass is 16.5. The highest BCUT2D eigenvalue weighted by Gasteiger charge is 2.07. The monoisotopic (exact) mass is 450 g/mol. The molecule has 2 heteroatoms. The quantitative estimate of drug-likeness (QED) is 0.0931. The lowest BCUT2D eigenvalue weighted by atomic mass is 9.91. The molecule has 2 nitrogen and oxygen atoms in total. The van der Waals surface area contributed by atoms with Gasteiger partial charge < -0.3 is 4.74 Å². The largest absolute Gasteiger partial charge is 0.461 e. The number of unbranched alkanes of at least 4 members (excludes halogenated alkanes) is 6. The molecule has 0 bridgehead atoms. The Morgan fingerprint density at radius 1 is 0.688 bits per heavy atom. The summed E-state index contributed by atoms with van der Waals surface area (Å²) in [5, 5.41) is 0. The van der Waals surface area contributed by atoms with Crippen LogP contribution in [0.2, 0.25) is 0 Å². The second kappa shape index (κ2) is 22.0. The van der Waals surface area contributed by atoms with Crippen molar-refractivity contribution < 1.29 is 9.53 Å². The lowest BCUT2D eigenvalue weighted by molar-refractivity contribution is -0.142. The van der Waals surface area contributed by atoms with Crippen molar-refractivity contribution in [2.75, 3.05) is 6.61 Å². The molecule has 190 valence electrons. The summed E-state index contributed by atoms with van der Waals surface area (Å²) in [6.07, 6.45) is 23.3. The number of hydrogen-bond acceptors (Lipinski definition) is 2. The zero-order valence-electron chi connectivity index (χ0n) is 22.9. The Morgan fingerprint density at radius 2 is 1.22 bits per heavy atom. The zero-order valence-corrected chi connectivity index (χ0v) is 22.9. The van der Waals surface area contributed by atoms with E-state index in [1.54, 1.807) is 0 Å². The molecule has 0 aliphatic heterocycles. The van der Waals surface area contributed by atoms with Gasteiger partial charge in [0.1, 0.15) is 6.61 Å². The Morgan fingerprint density at radius 3 is 1.81 bits per heavy atom. The number of esters is 1. The molecule has 0 aromatic heterocycles. The third-order valence-corrected chi connectivity index (χ3v) is 6.80. The van der Waals surface area contributed by atoms with Gasteiger partial charge in [-0.25, -0.2) is 0 Å². The first kappa shape index (κ1) is 31.2. The van der Waals surface area contributed by atoms with Crippen LogP contribution in [-0.2, 0) is 9.53 Å². The molecule has 0 saturated heterocycles. The molecule has 0 aliphatic carbocycles. The van der Waals surface area contributed by atoms with Crippen molar-refractivity contribution in [2.24, 2.45) is 17.8 Å². The van der Waals surface area contributed by atoms with E-state index in [2.05, 4.69) is 47.6 Å². The van der Waals surface area contributed by atoms with Crippen LogP contribution in [0.5, 0.6) is 0 Å². The molecule has 2 unspecified atom stereocenters. The fraction of sp³-hybridized carbons (Fsp3) is 0.900. The predicted octanol–water partition coefficient (Wildman–Crippen LogP) is 10.1. The van der Waals surface area contributed by atoms with Gasteiger partial charge in [-0.15, -0.1) is 0 Å². The molecule has 0 radical (unpaired) electrons. The SMILES string of the molecule is CCCCCCCCCC(=O)OC/C=C(\C)CCCC(C)CCCC(C)CCCC(C)C. The molecule has 0 aliphatic rings. The van der Waals surface area contributed by atoms with Gasteiger partial charge in [0, 0.05) is 6.42 Å². The lowest BCUT2D eigenvalue weighted by Gasteiger charge is -2.15. The van der Waals surface area contributed by atoms with Crippen LogP contribution in [0.3, 0.4) is 0 Å². The normalized spacial score (nSPS) is 14.0. The molecule has 2 atom stereocenters. The van der Waals surface area contributed by atoms with E-state index >= 15 is 0 Å². The molecule has 0 spiro atoms. The molecule has 0 fully saturated rings. The van der Waals surface area contributed by atoms with Gasteiger partial charge in [0.25, 0.3) is 0 Å². The van der Waals surface area contributed by atoms with Gasteiger partial charge in [-0.05, 0) is 50.0 Å². The molecule has 0 heterocycles. The fourth-order valence-electron chi connectivity index (χ4n) is 4.38. The molecule has 0 saturated carbocycles. The maximum atomic E-state index is 11.8. The van der Waals surface area contributed by atoms with E-state index in [-0.39, 0.29) is 5.97 Å². The van der Waals surface area contributed by atoms with Gasteiger partial charge in [-0.1, -0.05) is 124 Å². The molecular weight excluding hydrogens is 392 g/mol. The van der Waals surface area contributed by atoms with Crippen molar-refractivity contribution in [3.8, 4) is 0 Å². The smallest absolute Gasteiger partial charge is 0.306 e. The molecule has 0 rings (SSSR count). The van der Waals surface area contributed by atoms with Crippen LogP contribution in [-0.4, -0.2) is 12.6 Å². The molecule has 0 aromatic carbocycles. The van der Waals surface area contributed by atoms with E-state index in [1.807, 2.05) is 0 Å². The lowest BCUT2D eigenvalue weighted by Crippen LogP contribution is -2.04. The summed E-state index contributed by atoms with van der Waals surface area (Å²) < 4.78 is 5.39. The average Bonchev–Trinajstić information content (AvgIpc) is 2.73. The van der Waals surface area contributed by atoms with Crippen LogP contribution in [0.4, 0.5) is 0 Å². The first-order valence-corrected chi connectivity index (χ1v) is 14.2. The Labute approximate surface area is 202 Å². The number of carbonyl (C=O) groups excluding carboxylic acids is 1. The van der Waals surface area contributed by atoms with Crippen molar-refractivity contribution in [1.82, 2.24) is 0 Å². The van der Waals surface area contributed by atoms with Crippen LogP contribution >= 0.6 is 0 Å². The van der Waals surface area contributed by atoms with Crippen LogP contribution in [0.25, 0.3) is 0 Å². The van der Waals surface area contributed by atoms with E-state index in [1.165, 1.54) is 89.0 Å². The molecule has 0 N–H and O–H groups in total. The van der Waals surface area contributed by atoms with E-state index < -0.39 is 0 Å². The predicted molar refractivity (Wildman–Crippen MR) is 142 cm³/mol. The third-order valence-electron chi connectivity index (χ3n) is 6.80. The molecule has 0 amide bonds. The summed E-state index contributed by atoms with van der Waals surface area (Å²) in [6.45, 7) is 14.4. The number of hydrogen-bond donors (Lipinski definition) is 0. The summed E-state index contributed by atoms with van der Waals surface area (Å²) in [4.78, 5) is 11.8. The van der Waals surface area contributed by atoms with Crippen LogP contribution < -0.4 is 0 Å². The Balaban J connectivity index is 3.64. The van der Waals surface area contributed by atoms with E-state index in [0.717, 1.165) is 37.0 Å². The minimum atomic E-state index is -0.0327. The van der Waals surface area contributed by atoms with Gasteiger partial charge in [0.15, 0.2) is 0 Å². The summed E-state index contributed by atoms with van der Waals surface area (Å²) >= 11 is 0. The topological polar surface area (TPSA) is 26.3 Å². The Kier molecular flexibility index (Phi) is 21.5. The minimum Gasteiger partial charge on any atom is -0.461 e. The second-order valence-electron chi connectivity index (χ2n) is 11.0. The Hall–Kier alpha value is -0.790. The maximum Gasteiger partial charge on any atom is 0.306 e. The number of carbonyl (C=O) groups is 1. The van der Waals surface area contributed by atoms with Gasteiger partial charge >= 0.3 is 5.97 Å². The first-order valence-electron chi connectivity index (χ1n) is 14.2. The number of allylic oxidation sites excluding steroid dienone is 1. The fourth-order valence-corrected chi connectivity index (χ4v) is 4.38. The van der Waals surface area contributed by atoms with Crippen LogP contribution in [0.1, 0.15) is 151 Å². The second-order valence-corrected chi connectivity index (χ2v) is 11.0. The first-order chi connectivity index (χ1) is 15.3. The third kappa shape index (κ3) is 22.4. The van der Waals surface area contributed by atoms with Crippen molar-refractivity contribution >= 4 is 5.97 Å². The standard InChI is InChI=1S/C30H58O2/c1-7-8-9-10-11-12-13-23-30(31)32-25-24-29(6)22-16-21-28(5)20-15-19-27(4)18-14-17-26(2)3/h24,26-28H,7-23,25H2,1-6H3/b29-24+. The molecular formula is C30H58O2. The maximum absolute atomic E-state index is 11.8. The highest BCUT2D eigenvalue weighted by Crippen LogP contribution is 2.22. The zero-order chi connectivity index (χ0) is 24.0. The molecule has 0 aromatic rings. The van der Waals surface area contributed by atoms with E-state index in [9.17, 15) is 4.79 Å². The number of ether oxygens (including phenoxy) is 1. The van der Waals surface area contributed by atoms with Gasteiger partial charge in [0.05, 0.1) is 0 Å². The van der Waals surface area contributed by atoms with E-state index in [0.29, 0.717) is 13.0 Å². The van der Waals surface area contributed by atoms with Gasteiger partial charge in [0.2, 0.25) is 0 Å². The minimum absolute atomic E-state index is 0.0327. The summed E-state index contributed by atoms with van der Waals surface area (Å²) in [5.74, 6) is 2.53. The van der Waals surface area contributed by atoms with Crippen LogP contribution in [0, 0.1) is 17.8 Å². The summed E-state index contributed by atoms with van der Waals surface area (Å²) in [5.41, 5.74) is 1.36. The molecule has 32 heavy (non-hydrogen) atoms. The van der Waals surface area contributed by atoms with Crippen LogP contribution in [0.15, 0.2) is 11.6 Å². The van der Waals surface area contributed by atoms with Gasteiger partial charge in [-0.2, -0.15) is 0 Å². The average molecular weight is 451 g/mol. The summed E-state index contributed by atoms with van der Waals surface area (Å²) in [7, 11) is 0.